The molecule has 0 atom stereocenters. The number of rotatable bonds is 6. The van der Waals surface area contributed by atoms with Crippen LogP contribution in [-0.2, 0) is 0 Å². The van der Waals surface area contributed by atoms with Gasteiger partial charge in [0.15, 0.2) is 0 Å². The van der Waals surface area contributed by atoms with Crippen molar-refractivity contribution in [2.24, 2.45) is 5.92 Å². The third-order valence-electron chi connectivity index (χ3n) is 3.30. The van der Waals surface area contributed by atoms with Crippen molar-refractivity contribution in [3.05, 3.63) is 0 Å². The summed E-state index contributed by atoms with van der Waals surface area (Å²) < 4.78 is 0. The number of likely N-dealkylation sites (N-methyl/N-ethyl adjacent to an activating group) is 1. The Bertz CT molecular complexity index is 151. The van der Waals surface area contributed by atoms with E-state index in [-0.39, 0.29) is 0 Å². The van der Waals surface area contributed by atoms with E-state index in [0.717, 1.165) is 19.0 Å². The summed E-state index contributed by atoms with van der Waals surface area (Å²) in [6, 6.07) is 0. The van der Waals surface area contributed by atoms with Crippen molar-refractivity contribution < 1.29 is 0 Å². The summed E-state index contributed by atoms with van der Waals surface area (Å²) in [5.41, 5.74) is 0. The van der Waals surface area contributed by atoms with Gasteiger partial charge in [-0.05, 0) is 66.0 Å². The van der Waals surface area contributed by atoms with Crippen LogP contribution in [0.4, 0.5) is 0 Å². The smallest absolute Gasteiger partial charge is 0.0101 e. The van der Waals surface area contributed by atoms with Gasteiger partial charge in [-0.25, -0.2) is 0 Å². The van der Waals surface area contributed by atoms with Crippen LogP contribution in [0.2, 0.25) is 0 Å². The molecule has 0 spiro atoms. The molecule has 0 aromatic rings. The van der Waals surface area contributed by atoms with Crippen LogP contribution in [0.1, 0.15) is 19.3 Å². The zero-order valence-corrected chi connectivity index (χ0v) is 10.6. The molecule has 15 heavy (non-hydrogen) atoms. The molecule has 0 saturated carbocycles. The minimum absolute atomic E-state index is 0.966. The van der Waals surface area contributed by atoms with Crippen LogP contribution in [0.25, 0.3) is 0 Å². The first-order valence-corrected chi connectivity index (χ1v) is 6.22. The van der Waals surface area contributed by atoms with Gasteiger partial charge in [0.05, 0.1) is 0 Å². The van der Waals surface area contributed by atoms with Crippen molar-refractivity contribution in [2.45, 2.75) is 19.3 Å². The lowest BCUT2D eigenvalue weighted by molar-refractivity contribution is 0.211. The van der Waals surface area contributed by atoms with E-state index >= 15 is 0 Å². The summed E-state index contributed by atoms with van der Waals surface area (Å²) in [6.07, 6.45) is 4.15. The van der Waals surface area contributed by atoms with E-state index in [0.29, 0.717) is 0 Å². The molecule has 1 aliphatic heterocycles. The maximum absolute atomic E-state index is 3.52. The van der Waals surface area contributed by atoms with Crippen molar-refractivity contribution in [3.8, 4) is 0 Å². The van der Waals surface area contributed by atoms with Crippen molar-refractivity contribution >= 4 is 0 Å². The zero-order chi connectivity index (χ0) is 11.1. The molecular weight excluding hydrogens is 186 g/mol. The molecular formula is C12H27N3. The number of piperidine rings is 1. The summed E-state index contributed by atoms with van der Waals surface area (Å²) in [6.45, 7) is 6.06. The molecule has 1 heterocycles. The second-order valence-electron chi connectivity index (χ2n) is 5.09. The molecule has 0 aliphatic carbocycles. The normalized spacial score (nSPS) is 20.0. The van der Waals surface area contributed by atoms with Crippen molar-refractivity contribution in [2.75, 3.05) is 53.9 Å². The molecule has 1 rings (SSSR count). The van der Waals surface area contributed by atoms with Crippen LogP contribution in [-0.4, -0.2) is 63.7 Å². The van der Waals surface area contributed by atoms with Gasteiger partial charge in [0.25, 0.3) is 0 Å². The molecule has 1 aliphatic rings. The Morgan fingerprint density at radius 3 is 2.47 bits per heavy atom. The fraction of sp³-hybridized carbons (Fsp3) is 1.00. The van der Waals surface area contributed by atoms with Gasteiger partial charge in [0.1, 0.15) is 0 Å². The van der Waals surface area contributed by atoms with Crippen LogP contribution in [0, 0.1) is 5.92 Å². The molecule has 1 N–H and O–H groups in total. The first-order chi connectivity index (χ1) is 7.18. The lowest BCUT2D eigenvalue weighted by Gasteiger charge is -2.28. The van der Waals surface area contributed by atoms with Crippen molar-refractivity contribution in [1.29, 1.82) is 0 Å². The van der Waals surface area contributed by atoms with Gasteiger partial charge in [-0.2, -0.15) is 0 Å². The fourth-order valence-electron chi connectivity index (χ4n) is 2.08. The van der Waals surface area contributed by atoms with Gasteiger partial charge in [-0.3, -0.25) is 0 Å². The van der Waals surface area contributed by atoms with E-state index in [9.17, 15) is 0 Å². The molecule has 3 nitrogen and oxygen atoms in total. The lowest BCUT2D eigenvalue weighted by atomic mass is 9.94. The molecule has 0 amide bonds. The van der Waals surface area contributed by atoms with Crippen LogP contribution in [0.3, 0.4) is 0 Å². The second-order valence-corrected chi connectivity index (χ2v) is 5.09. The Labute approximate surface area is 94.8 Å². The SMILES string of the molecule is CN(C)CCNCCC1CCN(C)CC1. The number of hydrogen-bond acceptors (Lipinski definition) is 3. The van der Waals surface area contributed by atoms with E-state index in [1.54, 1.807) is 0 Å². The van der Waals surface area contributed by atoms with Gasteiger partial charge >= 0.3 is 0 Å². The molecule has 3 heteroatoms. The molecule has 0 aromatic heterocycles. The minimum atomic E-state index is 0.966. The van der Waals surface area contributed by atoms with Gasteiger partial charge in [-0.15, -0.1) is 0 Å². The predicted octanol–water partition coefficient (Wildman–Crippen LogP) is 0.870. The fourth-order valence-corrected chi connectivity index (χ4v) is 2.08. The first kappa shape index (κ1) is 12.9. The molecule has 0 bridgehead atoms. The Morgan fingerprint density at radius 2 is 1.87 bits per heavy atom. The number of likely N-dealkylation sites (tertiary alicyclic amines) is 1. The molecule has 90 valence electrons. The third-order valence-corrected chi connectivity index (χ3v) is 3.30. The van der Waals surface area contributed by atoms with E-state index in [1.807, 2.05) is 0 Å². The van der Waals surface area contributed by atoms with Gasteiger partial charge in [0, 0.05) is 13.1 Å². The Kier molecular flexibility index (Phi) is 6.22. The lowest BCUT2D eigenvalue weighted by Crippen LogP contribution is -2.32. The maximum Gasteiger partial charge on any atom is 0.0101 e. The highest BCUT2D eigenvalue weighted by molar-refractivity contribution is 4.70. The summed E-state index contributed by atoms with van der Waals surface area (Å²) in [5.74, 6) is 0.966. The predicted molar refractivity (Wildman–Crippen MR) is 66.3 cm³/mol. The molecule has 0 unspecified atom stereocenters. The average molecular weight is 213 g/mol. The Balaban J connectivity index is 1.91. The largest absolute Gasteiger partial charge is 0.315 e. The molecule has 1 saturated heterocycles. The summed E-state index contributed by atoms with van der Waals surface area (Å²) in [4.78, 5) is 4.67. The molecule has 1 fully saturated rings. The van der Waals surface area contributed by atoms with Gasteiger partial charge < -0.3 is 15.1 Å². The second kappa shape index (κ2) is 7.20. The van der Waals surface area contributed by atoms with Crippen molar-refractivity contribution in [1.82, 2.24) is 15.1 Å². The number of nitrogens with one attached hydrogen (secondary N) is 1. The average Bonchev–Trinajstić information content (AvgIpc) is 2.20. The topological polar surface area (TPSA) is 18.5 Å². The van der Waals surface area contributed by atoms with E-state index < -0.39 is 0 Å². The first-order valence-electron chi connectivity index (χ1n) is 6.22. The summed E-state index contributed by atoms with van der Waals surface area (Å²) >= 11 is 0. The van der Waals surface area contributed by atoms with Gasteiger partial charge in [-0.1, -0.05) is 0 Å². The van der Waals surface area contributed by atoms with Crippen LogP contribution >= 0.6 is 0 Å². The number of hydrogen-bond donors (Lipinski definition) is 1. The highest BCUT2D eigenvalue weighted by Crippen LogP contribution is 2.18. The third kappa shape index (κ3) is 6.13. The highest BCUT2D eigenvalue weighted by atomic mass is 15.1. The van der Waals surface area contributed by atoms with Crippen LogP contribution in [0.15, 0.2) is 0 Å². The monoisotopic (exact) mass is 213 g/mol. The zero-order valence-electron chi connectivity index (χ0n) is 10.6. The number of nitrogens with zero attached hydrogens (tertiary/aromatic N) is 2. The maximum atomic E-state index is 3.52. The standard InChI is InChI=1S/C12H27N3/c1-14(2)11-8-13-7-4-12-5-9-15(3)10-6-12/h12-13H,4-11H2,1-3H3. The summed E-state index contributed by atoms with van der Waals surface area (Å²) in [5, 5.41) is 3.52. The van der Waals surface area contributed by atoms with Crippen molar-refractivity contribution in [3.63, 3.8) is 0 Å². The van der Waals surface area contributed by atoms with E-state index in [1.165, 1.54) is 38.9 Å². The molecule has 0 aromatic carbocycles. The van der Waals surface area contributed by atoms with Gasteiger partial charge in [0.2, 0.25) is 0 Å². The quantitative estimate of drug-likeness (QED) is 0.661. The van der Waals surface area contributed by atoms with E-state index in [2.05, 4.69) is 36.3 Å². The Morgan fingerprint density at radius 1 is 1.20 bits per heavy atom. The summed E-state index contributed by atoms with van der Waals surface area (Å²) in [7, 11) is 6.48. The minimum Gasteiger partial charge on any atom is -0.315 e. The highest BCUT2D eigenvalue weighted by Gasteiger charge is 2.15. The van der Waals surface area contributed by atoms with Crippen LogP contribution in [0.5, 0.6) is 0 Å². The molecule has 0 radical (unpaired) electrons. The Hall–Kier alpha value is -0.120. The van der Waals surface area contributed by atoms with Crippen LogP contribution < -0.4 is 5.32 Å². The van der Waals surface area contributed by atoms with E-state index in [4.69, 9.17) is 0 Å².